The highest BCUT2D eigenvalue weighted by Crippen LogP contribution is 2.20. The van der Waals surface area contributed by atoms with Crippen LogP contribution in [0.25, 0.3) is 0 Å². The summed E-state index contributed by atoms with van der Waals surface area (Å²) in [5.74, 6) is -0.841. The summed E-state index contributed by atoms with van der Waals surface area (Å²) in [6.45, 7) is 3.59. The molecule has 0 aromatic heterocycles. The van der Waals surface area contributed by atoms with Crippen LogP contribution in [0, 0.1) is 11.3 Å². The predicted octanol–water partition coefficient (Wildman–Crippen LogP) is 1.54. The Morgan fingerprint density at radius 1 is 1.50 bits per heavy atom. The normalized spacial score (nSPS) is 21.1. The molecule has 1 aliphatic rings. The van der Waals surface area contributed by atoms with Crippen LogP contribution in [-0.4, -0.2) is 36.6 Å². The number of carbonyl (C=O) groups is 1. The molecule has 2 rings (SSSR count). The Labute approximate surface area is 107 Å². The average Bonchev–Trinajstić information content (AvgIpc) is 2.41. The minimum absolute atomic E-state index is 0.0332. The van der Waals surface area contributed by atoms with Gasteiger partial charge in [0.25, 0.3) is 0 Å². The topological polar surface area (TPSA) is 53.3 Å². The van der Waals surface area contributed by atoms with Crippen LogP contribution < -0.4 is 0 Å². The van der Waals surface area contributed by atoms with Gasteiger partial charge in [-0.1, -0.05) is 30.3 Å². The van der Waals surface area contributed by atoms with Gasteiger partial charge in [-0.25, -0.2) is 0 Å². The Kier molecular flexibility index (Phi) is 3.96. The quantitative estimate of drug-likeness (QED) is 0.793. The molecule has 0 spiro atoms. The maximum absolute atomic E-state index is 12.4. The van der Waals surface area contributed by atoms with Gasteiger partial charge in [0.2, 0.25) is 5.91 Å². The summed E-state index contributed by atoms with van der Waals surface area (Å²) in [5, 5.41) is 9.24. The molecule has 2 atom stereocenters. The van der Waals surface area contributed by atoms with Crippen molar-refractivity contribution in [3.05, 3.63) is 35.9 Å². The minimum atomic E-state index is -0.716. The van der Waals surface area contributed by atoms with E-state index in [-0.39, 0.29) is 11.9 Å². The van der Waals surface area contributed by atoms with Crippen molar-refractivity contribution in [2.75, 3.05) is 19.8 Å². The average molecular weight is 244 g/mol. The van der Waals surface area contributed by atoms with Gasteiger partial charge in [0.05, 0.1) is 25.3 Å². The van der Waals surface area contributed by atoms with Crippen LogP contribution in [0.2, 0.25) is 0 Å². The fourth-order valence-electron chi connectivity index (χ4n) is 2.14. The molecule has 1 aliphatic heterocycles. The molecule has 0 aliphatic carbocycles. The summed E-state index contributed by atoms with van der Waals surface area (Å²) < 4.78 is 5.30. The number of nitriles is 1. The number of rotatable bonds is 2. The van der Waals surface area contributed by atoms with Gasteiger partial charge >= 0.3 is 0 Å². The Morgan fingerprint density at radius 3 is 2.83 bits per heavy atom. The molecule has 0 bridgehead atoms. The summed E-state index contributed by atoms with van der Waals surface area (Å²) in [7, 11) is 0. The summed E-state index contributed by atoms with van der Waals surface area (Å²) >= 11 is 0. The number of hydrogen-bond donors (Lipinski definition) is 0. The van der Waals surface area contributed by atoms with Crippen molar-refractivity contribution >= 4 is 5.91 Å². The van der Waals surface area contributed by atoms with E-state index in [0.717, 1.165) is 5.56 Å². The maximum atomic E-state index is 12.4. The first-order valence-corrected chi connectivity index (χ1v) is 6.07. The van der Waals surface area contributed by atoms with Gasteiger partial charge < -0.3 is 9.64 Å². The maximum Gasteiger partial charge on any atom is 0.244 e. The van der Waals surface area contributed by atoms with Crippen LogP contribution in [0.4, 0.5) is 0 Å². The summed E-state index contributed by atoms with van der Waals surface area (Å²) in [6, 6.07) is 11.3. The Morgan fingerprint density at radius 2 is 2.22 bits per heavy atom. The van der Waals surface area contributed by atoms with Crippen molar-refractivity contribution in [3.63, 3.8) is 0 Å². The van der Waals surface area contributed by atoms with Crippen molar-refractivity contribution < 1.29 is 9.53 Å². The van der Waals surface area contributed by atoms with E-state index in [2.05, 4.69) is 6.07 Å². The number of hydrogen-bond acceptors (Lipinski definition) is 3. The lowest BCUT2D eigenvalue weighted by atomic mass is 9.98. The van der Waals surface area contributed by atoms with Gasteiger partial charge in [-0.2, -0.15) is 5.26 Å². The molecule has 1 saturated heterocycles. The highest BCUT2D eigenvalue weighted by atomic mass is 16.5. The second-order valence-corrected chi connectivity index (χ2v) is 4.43. The zero-order chi connectivity index (χ0) is 13.0. The second kappa shape index (κ2) is 5.65. The lowest BCUT2D eigenvalue weighted by Crippen LogP contribution is -2.48. The largest absolute Gasteiger partial charge is 0.377 e. The van der Waals surface area contributed by atoms with E-state index in [0.29, 0.717) is 19.8 Å². The number of carbonyl (C=O) groups excluding carboxylic acids is 1. The first kappa shape index (κ1) is 12.6. The van der Waals surface area contributed by atoms with Crippen LogP contribution in [0.15, 0.2) is 30.3 Å². The number of ether oxygens (including phenoxy) is 1. The van der Waals surface area contributed by atoms with E-state index < -0.39 is 5.92 Å². The predicted molar refractivity (Wildman–Crippen MR) is 66.8 cm³/mol. The first-order chi connectivity index (χ1) is 8.74. The van der Waals surface area contributed by atoms with E-state index in [1.54, 1.807) is 4.90 Å². The molecule has 94 valence electrons. The molecule has 1 amide bonds. The molecule has 1 aromatic rings. The molecule has 1 heterocycles. The van der Waals surface area contributed by atoms with Crippen molar-refractivity contribution in [3.8, 4) is 6.07 Å². The Bertz CT molecular complexity index is 453. The molecule has 1 fully saturated rings. The van der Waals surface area contributed by atoms with E-state index in [1.165, 1.54) is 0 Å². The summed E-state index contributed by atoms with van der Waals surface area (Å²) in [5.41, 5.74) is 0.753. The molecule has 0 radical (unpaired) electrons. The van der Waals surface area contributed by atoms with E-state index in [9.17, 15) is 10.1 Å². The molecule has 1 unspecified atom stereocenters. The van der Waals surface area contributed by atoms with E-state index >= 15 is 0 Å². The van der Waals surface area contributed by atoms with Crippen LogP contribution in [0.5, 0.6) is 0 Å². The highest BCUT2D eigenvalue weighted by molar-refractivity contribution is 5.86. The molecule has 4 heteroatoms. The van der Waals surface area contributed by atoms with Gasteiger partial charge in [-0.15, -0.1) is 0 Å². The fraction of sp³-hybridized carbons (Fsp3) is 0.429. The smallest absolute Gasteiger partial charge is 0.244 e. The van der Waals surface area contributed by atoms with Crippen molar-refractivity contribution in [1.82, 2.24) is 4.90 Å². The van der Waals surface area contributed by atoms with E-state index in [4.69, 9.17) is 4.74 Å². The standard InChI is InChI=1S/C14H16N2O2/c1-11-10-18-8-7-16(11)14(17)13(9-15)12-5-3-2-4-6-12/h2-6,11,13H,7-8,10H2,1H3/t11-,13?/m1/s1. The third kappa shape index (κ3) is 2.52. The number of morpholine rings is 1. The minimum Gasteiger partial charge on any atom is -0.377 e. The number of nitrogens with zero attached hydrogens (tertiary/aromatic N) is 2. The Balaban J connectivity index is 2.18. The highest BCUT2D eigenvalue weighted by Gasteiger charge is 2.30. The molecular formula is C14H16N2O2. The van der Waals surface area contributed by atoms with E-state index in [1.807, 2.05) is 37.3 Å². The Hall–Kier alpha value is -1.86. The van der Waals surface area contributed by atoms with Gasteiger partial charge in [-0.3, -0.25) is 4.79 Å². The van der Waals surface area contributed by atoms with Crippen molar-refractivity contribution in [2.24, 2.45) is 0 Å². The van der Waals surface area contributed by atoms with Gasteiger partial charge in [0.15, 0.2) is 0 Å². The van der Waals surface area contributed by atoms with Crippen LogP contribution in [0.3, 0.4) is 0 Å². The SMILES string of the molecule is C[C@@H]1COCCN1C(=O)C(C#N)c1ccccc1. The van der Waals surface area contributed by atoms with Crippen LogP contribution in [0.1, 0.15) is 18.4 Å². The lowest BCUT2D eigenvalue weighted by molar-refractivity contribution is -0.139. The molecule has 18 heavy (non-hydrogen) atoms. The van der Waals surface area contributed by atoms with Crippen LogP contribution >= 0.6 is 0 Å². The monoisotopic (exact) mass is 244 g/mol. The second-order valence-electron chi connectivity index (χ2n) is 4.43. The van der Waals surface area contributed by atoms with Gasteiger partial charge in [0, 0.05) is 6.54 Å². The van der Waals surface area contributed by atoms with Crippen LogP contribution in [-0.2, 0) is 9.53 Å². The molecule has 0 N–H and O–H groups in total. The van der Waals surface area contributed by atoms with Crippen molar-refractivity contribution in [2.45, 2.75) is 18.9 Å². The lowest BCUT2D eigenvalue weighted by Gasteiger charge is -2.34. The number of amides is 1. The summed E-state index contributed by atoms with van der Waals surface area (Å²) in [4.78, 5) is 14.1. The zero-order valence-corrected chi connectivity index (χ0v) is 10.4. The molecular weight excluding hydrogens is 228 g/mol. The molecule has 4 nitrogen and oxygen atoms in total. The third-order valence-electron chi connectivity index (χ3n) is 3.16. The zero-order valence-electron chi connectivity index (χ0n) is 10.4. The molecule has 0 saturated carbocycles. The van der Waals surface area contributed by atoms with Gasteiger partial charge in [-0.05, 0) is 12.5 Å². The van der Waals surface area contributed by atoms with Gasteiger partial charge in [0.1, 0.15) is 5.92 Å². The molecule has 1 aromatic carbocycles. The fourth-order valence-corrected chi connectivity index (χ4v) is 2.14. The first-order valence-electron chi connectivity index (χ1n) is 6.07. The third-order valence-corrected chi connectivity index (χ3v) is 3.16. The van der Waals surface area contributed by atoms with Crippen molar-refractivity contribution in [1.29, 1.82) is 5.26 Å². The number of benzene rings is 1. The summed E-state index contributed by atoms with van der Waals surface area (Å²) in [6.07, 6.45) is 0.